The second kappa shape index (κ2) is 10.8. The van der Waals surface area contributed by atoms with Crippen LogP contribution in [0, 0.1) is 29.4 Å². The van der Waals surface area contributed by atoms with E-state index in [1.807, 2.05) is 6.07 Å². The standard InChI is InChI=1S/C30H32F2/c1-2-3-4-5-6-22-9-14-25(15-10-22)26-16-11-23(12-17-26)7-8-24-13-19-28-27(21-24)18-20-29(31)30(28)32/h9-10,13-15,18-21,23,26H,2-6,11-12,16-17H2,1H3. The number of halogens is 2. The average Bonchev–Trinajstić information content (AvgIpc) is 2.84. The molecule has 2 heteroatoms. The van der Waals surface area contributed by atoms with Gasteiger partial charge in [0.1, 0.15) is 0 Å². The molecule has 0 atom stereocenters. The summed E-state index contributed by atoms with van der Waals surface area (Å²) >= 11 is 0. The molecule has 1 aliphatic rings. The Morgan fingerprint density at radius 1 is 0.844 bits per heavy atom. The molecule has 4 rings (SSSR count). The molecule has 0 nitrogen and oxygen atoms in total. The van der Waals surface area contributed by atoms with Crippen molar-refractivity contribution in [3.63, 3.8) is 0 Å². The van der Waals surface area contributed by atoms with Gasteiger partial charge in [-0.25, -0.2) is 8.78 Å². The molecule has 1 aliphatic carbocycles. The van der Waals surface area contributed by atoms with Gasteiger partial charge >= 0.3 is 0 Å². The number of fused-ring (bicyclic) bond motifs is 1. The lowest BCUT2D eigenvalue weighted by Crippen LogP contribution is -2.12. The van der Waals surface area contributed by atoms with Crippen LogP contribution in [0.4, 0.5) is 8.78 Å². The number of aryl methyl sites for hydroxylation is 1. The van der Waals surface area contributed by atoms with Gasteiger partial charge < -0.3 is 0 Å². The molecule has 3 aromatic rings. The molecule has 0 amide bonds. The van der Waals surface area contributed by atoms with Crippen LogP contribution in [0.5, 0.6) is 0 Å². The molecule has 1 fully saturated rings. The van der Waals surface area contributed by atoms with E-state index in [0.29, 0.717) is 22.6 Å². The van der Waals surface area contributed by atoms with Gasteiger partial charge in [-0.05, 0) is 79.2 Å². The SMILES string of the molecule is CCCCCCc1ccc(C2CCC(C#Cc3ccc4c(F)c(F)ccc4c3)CC2)cc1. The van der Waals surface area contributed by atoms with Gasteiger partial charge in [0.15, 0.2) is 11.6 Å². The first-order valence-corrected chi connectivity index (χ1v) is 12.1. The Kier molecular flexibility index (Phi) is 7.59. The van der Waals surface area contributed by atoms with Crippen molar-refractivity contribution >= 4 is 10.8 Å². The summed E-state index contributed by atoms with van der Waals surface area (Å²) in [5.74, 6) is 6.14. The lowest BCUT2D eigenvalue weighted by molar-refractivity contribution is 0.384. The highest BCUT2D eigenvalue weighted by molar-refractivity contribution is 5.84. The molecule has 32 heavy (non-hydrogen) atoms. The molecule has 0 radical (unpaired) electrons. The molecule has 0 spiro atoms. The first kappa shape index (κ1) is 22.5. The molecule has 0 unspecified atom stereocenters. The van der Waals surface area contributed by atoms with Gasteiger partial charge in [-0.2, -0.15) is 0 Å². The van der Waals surface area contributed by atoms with Crippen molar-refractivity contribution < 1.29 is 8.78 Å². The lowest BCUT2D eigenvalue weighted by Gasteiger charge is -2.26. The van der Waals surface area contributed by atoms with Crippen LogP contribution in [0.25, 0.3) is 10.8 Å². The summed E-state index contributed by atoms with van der Waals surface area (Å²) in [6.45, 7) is 2.25. The maximum atomic E-state index is 13.9. The summed E-state index contributed by atoms with van der Waals surface area (Å²) < 4.78 is 27.3. The second-order valence-corrected chi connectivity index (χ2v) is 9.17. The maximum Gasteiger partial charge on any atom is 0.166 e. The van der Waals surface area contributed by atoms with E-state index >= 15 is 0 Å². The largest absolute Gasteiger partial charge is 0.204 e. The predicted octanol–water partition coefficient (Wildman–Crippen LogP) is 8.57. The van der Waals surface area contributed by atoms with Crippen molar-refractivity contribution in [1.82, 2.24) is 0 Å². The zero-order valence-electron chi connectivity index (χ0n) is 19.0. The third-order valence-corrected chi connectivity index (χ3v) is 6.82. The predicted molar refractivity (Wildman–Crippen MR) is 130 cm³/mol. The number of hydrogen-bond donors (Lipinski definition) is 0. The molecule has 166 valence electrons. The quantitative estimate of drug-likeness (QED) is 0.271. The fraction of sp³-hybridized carbons (Fsp3) is 0.400. The van der Waals surface area contributed by atoms with E-state index < -0.39 is 11.6 Å². The zero-order chi connectivity index (χ0) is 22.3. The summed E-state index contributed by atoms with van der Waals surface area (Å²) in [6.07, 6.45) is 11.0. The molecule has 0 aromatic heterocycles. The highest BCUT2D eigenvalue weighted by atomic mass is 19.2. The summed E-state index contributed by atoms with van der Waals surface area (Å²) in [5, 5.41) is 0.997. The minimum absolute atomic E-state index is 0.308. The van der Waals surface area contributed by atoms with Crippen molar-refractivity contribution in [3.05, 3.63) is 82.9 Å². The van der Waals surface area contributed by atoms with Gasteiger partial charge in [0.05, 0.1) is 0 Å². The number of rotatable bonds is 6. The topological polar surface area (TPSA) is 0 Å². The van der Waals surface area contributed by atoms with E-state index in [9.17, 15) is 8.78 Å². The van der Waals surface area contributed by atoms with Gasteiger partial charge in [0.25, 0.3) is 0 Å². The zero-order valence-corrected chi connectivity index (χ0v) is 19.0. The molecule has 0 bridgehead atoms. The van der Waals surface area contributed by atoms with Crippen molar-refractivity contribution in [2.24, 2.45) is 5.92 Å². The minimum atomic E-state index is -0.810. The van der Waals surface area contributed by atoms with Crippen LogP contribution in [0.2, 0.25) is 0 Å². The molecule has 1 saturated carbocycles. The van der Waals surface area contributed by atoms with Crippen LogP contribution in [0.1, 0.15) is 80.9 Å². The van der Waals surface area contributed by atoms with Gasteiger partial charge in [-0.3, -0.25) is 0 Å². The molecular weight excluding hydrogens is 398 g/mol. The van der Waals surface area contributed by atoms with E-state index in [1.54, 1.807) is 18.2 Å². The lowest BCUT2D eigenvalue weighted by atomic mass is 9.78. The first-order chi connectivity index (χ1) is 15.6. The van der Waals surface area contributed by atoms with Crippen LogP contribution in [0.15, 0.2) is 54.6 Å². The Morgan fingerprint density at radius 2 is 1.62 bits per heavy atom. The maximum absolute atomic E-state index is 13.9. The Hall–Kier alpha value is -2.66. The third kappa shape index (κ3) is 5.57. The molecule has 3 aromatic carbocycles. The van der Waals surface area contributed by atoms with Gasteiger partial charge in [-0.1, -0.05) is 74.4 Å². The number of hydrogen-bond acceptors (Lipinski definition) is 0. The fourth-order valence-electron chi connectivity index (χ4n) is 4.81. The van der Waals surface area contributed by atoms with Gasteiger partial charge in [0.2, 0.25) is 0 Å². The average molecular weight is 431 g/mol. The Balaban J connectivity index is 1.31. The second-order valence-electron chi connectivity index (χ2n) is 9.17. The van der Waals surface area contributed by atoms with Crippen LogP contribution in [-0.2, 0) is 6.42 Å². The van der Waals surface area contributed by atoms with E-state index in [0.717, 1.165) is 18.4 Å². The van der Waals surface area contributed by atoms with Crippen LogP contribution < -0.4 is 0 Å². The summed E-state index contributed by atoms with van der Waals surface area (Å²) in [4.78, 5) is 0. The summed E-state index contributed by atoms with van der Waals surface area (Å²) in [5.41, 5.74) is 3.79. The van der Waals surface area contributed by atoms with Gasteiger partial charge in [-0.15, -0.1) is 0 Å². The molecule has 0 aliphatic heterocycles. The van der Waals surface area contributed by atoms with Crippen LogP contribution in [0.3, 0.4) is 0 Å². The molecule has 0 N–H and O–H groups in total. The van der Waals surface area contributed by atoms with E-state index in [1.165, 1.54) is 62.1 Å². The van der Waals surface area contributed by atoms with Crippen molar-refractivity contribution in [2.75, 3.05) is 0 Å². The first-order valence-electron chi connectivity index (χ1n) is 12.1. The molecule has 0 heterocycles. The van der Waals surface area contributed by atoms with Crippen molar-refractivity contribution in [2.45, 2.75) is 70.6 Å². The molecular formula is C30H32F2. The number of benzene rings is 3. The third-order valence-electron chi connectivity index (χ3n) is 6.82. The summed E-state index contributed by atoms with van der Waals surface area (Å²) in [6, 6.07) is 17.4. The summed E-state index contributed by atoms with van der Waals surface area (Å²) in [7, 11) is 0. The Labute approximate surface area is 191 Å². The van der Waals surface area contributed by atoms with Gasteiger partial charge in [0, 0.05) is 16.9 Å². The monoisotopic (exact) mass is 430 g/mol. The van der Waals surface area contributed by atoms with Crippen LogP contribution in [-0.4, -0.2) is 0 Å². The highest BCUT2D eigenvalue weighted by Crippen LogP contribution is 2.35. The number of unbranched alkanes of at least 4 members (excludes halogenated alkanes) is 3. The molecule has 0 saturated heterocycles. The van der Waals surface area contributed by atoms with E-state index in [2.05, 4.69) is 43.0 Å². The fourth-order valence-corrected chi connectivity index (χ4v) is 4.81. The Bertz CT molecular complexity index is 1090. The van der Waals surface area contributed by atoms with Crippen molar-refractivity contribution in [1.29, 1.82) is 0 Å². The normalized spacial score (nSPS) is 18.3. The van der Waals surface area contributed by atoms with E-state index in [-0.39, 0.29) is 0 Å². The minimum Gasteiger partial charge on any atom is -0.204 e. The Morgan fingerprint density at radius 3 is 2.38 bits per heavy atom. The smallest absolute Gasteiger partial charge is 0.166 e. The van der Waals surface area contributed by atoms with E-state index in [4.69, 9.17) is 0 Å². The van der Waals surface area contributed by atoms with Crippen molar-refractivity contribution in [3.8, 4) is 11.8 Å². The highest BCUT2D eigenvalue weighted by Gasteiger charge is 2.21. The van der Waals surface area contributed by atoms with Crippen LogP contribution >= 0.6 is 0 Å².